The molecule has 0 aromatic carbocycles. The molecule has 0 amide bonds. The minimum absolute atomic E-state index is 0.375. The molecule has 1 fully saturated rings. The van der Waals surface area contributed by atoms with Gasteiger partial charge in [-0.1, -0.05) is 47.6 Å². The van der Waals surface area contributed by atoms with E-state index in [-0.39, 0.29) is 0 Å². The van der Waals surface area contributed by atoms with Crippen LogP contribution in [0.5, 0.6) is 0 Å². The van der Waals surface area contributed by atoms with E-state index in [1.807, 2.05) is 0 Å². The van der Waals surface area contributed by atoms with Gasteiger partial charge in [0.05, 0.1) is 0 Å². The highest BCUT2D eigenvalue weighted by atomic mass is 15.1. The lowest BCUT2D eigenvalue weighted by Crippen LogP contribution is -2.40. The minimum atomic E-state index is 0.375. The van der Waals surface area contributed by atoms with Gasteiger partial charge < -0.3 is 4.90 Å². The maximum Gasteiger partial charge on any atom is 0.0157 e. The highest BCUT2D eigenvalue weighted by molar-refractivity contribution is 5.41. The topological polar surface area (TPSA) is 3.24 Å². The summed E-state index contributed by atoms with van der Waals surface area (Å²) in [6.07, 6.45) is 18.7. The molecule has 1 heteroatoms. The Labute approximate surface area is 104 Å². The molecule has 0 unspecified atom stereocenters. The Balaban J connectivity index is 1.90. The average Bonchev–Trinajstić information content (AvgIpc) is 3.04. The zero-order valence-corrected chi connectivity index (χ0v) is 10.7. The standard InChI is InChI=1S/C16H21N/c1-17-12-10-16(11-13-17,14-6-2-3-7-14)15-8-4-5-9-15/h2-6,8H,7,9-13H2,1H3. The van der Waals surface area contributed by atoms with Gasteiger partial charge in [-0.05, 0) is 45.8 Å². The number of hydrogen-bond donors (Lipinski definition) is 0. The molecule has 3 rings (SSSR count). The molecule has 0 aromatic heterocycles. The lowest BCUT2D eigenvalue weighted by Gasteiger charge is -2.43. The van der Waals surface area contributed by atoms with Crippen molar-refractivity contribution >= 4 is 0 Å². The molecule has 3 aliphatic rings. The molecule has 2 aliphatic carbocycles. The van der Waals surface area contributed by atoms with Crippen LogP contribution in [0.1, 0.15) is 25.7 Å². The van der Waals surface area contributed by atoms with E-state index in [9.17, 15) is 0 Å². The van der Waals surface area contributed by atoms with E-state index in [0.717, 1.165) is 0 Å². The first-order valence-electron chi connectivity index (χ1n) is 6.72. The number of hydrogen-bond acceptors (Lipinski definition) is 1. The largest absolute Gasteiger partial charge is 0.306 e. The molecule has 0 radical (unpaired) electrons. The zero-order chi connectivity index (χ0) is 11.7. The molecule has 1 saturated heterocycles. The van der Waals surface area contributed by atoms with Crippen molar-refractivity contribution in [3.05, 3.63) is 47.6 Å². The number of piperidine rings is 1. The summed E-state index contributed by atoms with van der Waals surface area (Å²) >= 11 is 0. The van der Waals surface area contributed by atoms with Crippen LogP contribution in [0, 0.1) is 5.41 Å². The molecule has 1 nitrogen and oxygen atoms in total. The van der Waals surface area contributed by atoms with E-state index in [4.69, 9.17) is 0 Å². The Bertz CT molecular complexity index is 383. The second-order valence-corrected chi connectivity index (χ2v) is 5.53. The third-order valence-electron chi connectivity index (χ3n) is 4.61. The first-order chi connectivity index (χ1) is 8.31. The van der Waals surface area contributed by atoms with Gasteiger partial charge in [-0.3, -0.25) is 0 Å². The van der Waals surface area contributed by atoms with Crippen LogP contribution in [0.25, 0.3) is 0 Å². The van der Waals surface area contributed by atoms with Gasteiger partial charge in [0, 0.05) is 5.41 Å². The van der Waals surface area contributed by atoms with E-state index in [0.29, 0.717) is 5.41 Å². The Morgan fingerprint density at radius 3 is 1.88 bits per heavy atom. The molecule has 0 spiro atoms. The lowest BCUT2D eigenvalue weighted by atomic mass is 9.66. The summed E-state index contributed by atoms with van der Waals surface area (Å²) in [6, 6.07) is 0. The second kappa shape index (κ2) is 4.30. The van der Waals surface area contributed by atoms with E-state index in [2.05, 4.69) is 48.4 Å². The minimum Gasteiger partial charge on any atom is -0.306 e. The zero-order valence-electron chi connectivity index (χ0n) is 10.7. The predicted octanol–water partition coefficient (Wildman–Crippen LogP) is 3.47. The van der Waals surface area contributed by atoms with Crippen molar-refractivity contribution < 1.29 is 0 Å². The summed E-state index contributed by atoms with van der Waals surface area (Å²) < 4.78 is 0. The Morgan fingerprint density at radius 1 is 0.941 bits per heavy atom. The van der Waals surface area contributed by atoms with Crippen molar-refractivity contribution in [1.29, 1.82) is 0 Å². The van der Waals surface area contributed by atoms with Gasteiger partial charge >= 0.3 is 0 Å². The van der Waals surface area contributed by atoms with E-state index < -0.39 is 0 Å². The summed E-state index contributed by atoms with van der Waals surface area (Å²) in [5.74, 6) is 0. The molecular weight excluding hydrogens is 206 g/mol. The van der Waals surface area contributed by atoms with Crippen LogP contribution in [0.2, 0.25) is 0 Å². The Kier molecular flexibility index (Phi) is 2.79. The van der Waals surface area contributed by atoms with E-state index in [1.165, 1.54) is 38.8 Å². The van der Waals surface area contributed by atoms with Crippen molar-refractivity contribution in [3.63, 3.8) is 0 Å². The van der Waals surface area contributed by atoms with Crippen LogP contribution in [0.3, 0.4) is 0 Å². The number of likely N-dealkylation sites (tertiary alicyclic amines) is 1. The molecule has 0 bridgehead atoms. The highest BCUT2D eigenvalue weighted by Crippen LogP contribution is 2.49. The van der Waals surface area contributed by atoms with Crippen molar-refractivity contribution in [3.8, 4) is 0 Å². The van der Waals surface area contributed by atoms with Crippen LogP contribution in [0.15, 0.2) is 47.6 Å². The monoisotopic (exact) mass is 227 g/mol. The number of rotatable bonds is 2. The molecular formula is C16H21N. The summed E-state index contributed by atoms with van der Waals surface area (Å²) in [5.41, 5.74) is 3.68. The summed E-state index contributed by atoms with van der Waals surface area (Å²) in [6.45, 7) is 2.46. The maximum absolute atomic E-state index is 2.46. The fourth-order valence-corrected chi connectivity index (χ4v) is 3.45. The number of nitrogens with zero attached hydrogens (tertiary/aromatic N) is 1. The van der Waals surface area contributed by atoms with Gasteiger partial charge in [0.15, 0.2) is 0 Å². The first-order valence-corrected chi connectivity index (χ1v) is 6.72. The van der Waals surface area contributed by atoms with Gasteiger partial charge in [-0.25, -0.2) is 0 Å². The number of allylic oxidation sites excluding steroid dienone is 8. The first kappa shape index (κ1) is 11.0. The molecule has 0 atom stereocenters. The second-order valence-electron chi connectivity index (χ2n) is 5.53. The summed E-state index contributed by atoms with van der Waals surface area (Å²) in [5, 5.41) is 0. The van der Waals surface area contributed by atoms with Crippen LogP contribution >= 0.6 is 0 Å². The molecule has 0 saturated carbocycles. The van der Waals surface area contributed by atoms with E-state index in [1.54, 1.807) is 11.1 Å². The van der Waals surface area contributed by atoms with E-state index >= 15 is 0 Å². The smallest absolute Gasteiger partial charge is 0.0157 e. The van der Waals surface area contributed by atoms with Crippen LogP contribution < -0.4 is 0 Å². The van der Waals surface area contributed by atoms with Crippen LogP contribution in [-0.4, -0.2) is 25.0 Å². The fraction of sp³-hybridized carbons (Fsp3) is 0.500. The van der Waals surface area contributed by atoms with Crippen molar-refractivity contribution in [2.75, 3.05) is 20.1 Å². The average molecular weight is 227 g/mol. The van der Waals surface area contributed by atoms with Gasteiger partial charge in [0.2, 0.25) is 0 Å². The lowest BCUT2D eigenvalue weighted by molar-refractivity contribution is 0.180. The van der Waals surface area contributed by atoms with Gasteiger partial charge in [-0.2, -0.15) is 0 Å². The normalized spacial score (nSPS) is 27.4. The Hall–Kier alpha value is -1.08. The van der Waals surface area contributed by atoms with Crippen LogP contribution in [0.4, 0.5) is 0 Å². The predicted molar refractivity (Wildman–Crippen MR) is 72.8 cm³/mol. The van der Waals surface area contributed by atoms with Crippen molar-refractivity contribution in [2.45, 2.75) is 25.7 Å². The third-order valence-corrected chi connectivity index (χ3v) is 4.61. The van der Waals surface area contributed by atoms with Crippen molar-refractivity contribution in [2.24, 2.45) is 5.41 Å². The molecule has 0 aromatic rings. The maximum atomic E-state index is 2.46. The molecule has 17 heavy (non-hydrogen) atoms. The fourth-order valence-electron chi connectivity index (χ4n) is 3.45. The molecule has 90 valence electrons. The highest BCUT2D eigenvalue weighted by Gasteiger charge is 2.39. The molecule has 0 N–H and O–H groups in total. The van der Waals surface area contributed by atoms with Gasteiger partial charge in [0.25, 0.3) is 0 Å². The van der Waals surface area contributed by atoms with Crippen LogP contribution in [-0.2, 0) is 0 Å². The van der Waals surface area contributed by atoms with Gasteiger partial charge in [-0.15, -0.1) is 0 Å². The quantitative estimate of drug-likeness (QED) is 0.698. The third kappa shape index (κ3) is 1.83. The summed E-state index contributed by atoms with van der Waals surface area (Å²) in [7, 11) is 2.24. The van der Waals surface area contributed by atoms with Crippen molar-refractivity contribution in [1.82, 2.24) is 4.90 Å². The Morgan fingerprint density at radius 2 is 1.47 bits per heavy atom. The SMILES string of the molecule is CN1CCC(C2=CC=CC2)(C2=CC=CC2)CC1. The molecule has 1 aliphatic heterocycles. The van der Waals surface area contributed by atoms with Gasteiger partial charge in [0.1, 0.15) is 0 Å². The summed E-state index contributed by atoms with van der Waals surface area (Å²) in [4.78, 5) is 2.46. The molecule has 1 heterocycles.